The van der Waals surface area contributed by atoms with Crippen LogP contribution in [0.4, 0.5) is 0 Å². The molecule has 1 aliphatic heterocycles. The molecule has 0 radical (unpaired) electrons. The van der Waals surface area contributed by atoms with Crippen molar-refractivity contribution < 1.29 is 53.8 Å². The van der Waals surface area contributed by atoms with Crippen LogP contribution in [0.3, 0.4) is 0 Å². The zero-order valence-electron chi connectivity index (χ0n) is 19.6. The Morgan fingerprint density at radius 2 is 1.54 bits per heavy atom. The van der Waals surface area contributed by atoms with Crippen LogP contribution >= 0.6 is 0 Å². The second kappa shape index (κ2) is 10.2. The maximum absolute atomic E-state index is 12.6. The first-order chi connectivity index (χ1) is 17.6. The minimum Gasteiger partial charge on any atom is -0.504 e. The van der Waals surface area contributed by atoms with Gasteiger partial charge in [0.25, 0.3) is 0 Å². The molecule has 0 amide bonds. The molecule has 4 rings (SSSR count). The van der Waals surface area contributed by atoms with Crippen molar-refractivity contribution in [3.8, 4) is 23.0 Å². The summed E-state index contributed by atoms with van der Waals surface area (Å²) in [6.45, 7) is 0. The molecule has 0 spiro atoms. The molecule has 1 saturated carbocycles. The Morgan fingerprint density at radius 3 is 2.19 bits per heavy atom. The van der Waals surface area contributed by atoms with E-state index >= 15 is 0 Å². The van der Waals surface area contributed by atoms with Crippen LogP contribution in [0.5, 0.6) is 23.0 Å². The van der Waals surface area contributed by atoms with E-state index < -0.39 is 41.8 Å². The van der Waals surface area contributed by atoms with E-state index in [4.69, 9.17) is 18.9 Å². The van der Waals surface area contributed by atoms with E-state index in [9.17, 15) is 34.8 Å². The SMILES string of the molecule is COc1cc(/C=C/C(=O)O[C@H]2C3C[C@@](O)(C[C@@H]2OC(=O)/C=C/c2ccc(O)c(O)c2)C(=O)O3)ccc1O. The fourth-order valence-corrected chi connectivity index (χ4v) is 4.14. The van der Waals surface area contributed by atoms with Gasteiger partial charge in [0.05, 0.1) is 7.11 Å². The van der Waals surface area contributed by atoms with Gasteiger partial charge in [0.1, 0.15) is 12.2 Å². The van der Waals surface area contributed by atoms with Crippen LogP contribution in [0.1, 0.15) is 24.0 Å². The summed E-state index contributed by atoms with van der Waals surface area (Å²) < 4.78 is 21.1. The monoisotopic (exact) mass is 512 g/mol. The molecule has 2 aromatic rings. The van der Waals surface area contributed by atoms with Gasteiger partial charge in [-0.25, -0.2) is 14.4 Å². The number of rotatable bonds is 7. The van der Waals surface area contributed by atoms with Crippen molar-refractivity contribution in [2.24, 2.45) is 0 Å². The van der Waals surface area contributed by atoms with Gasteiger partial charge in [0, 0.05) is 25.0 Å². The molecule has 11 heteroatoms. The number of carbonyl (C=O) groups is 3. The molecule has 1 heterocycles. The van der Waals surface area contributed by atoms with Crippen LogP contribution in [-0.2, 0) is 28.6 Å². The number of phenolic OH excluding ortho intramolecular Hbond substituents is 3. The summed E-state index contributed by atoms with van der Waals surface area (Å²) in [5.74, 6) is -3.12. The maximum atomic E-state index is 12.6. The third-order valence-electron chi connectivity index (χ3n) is 6.00. The number of fused-ring (bicyclic) bond motifs is 2. The summed E-state index contributed by atoms with van der Waals surface area (Å²) in [6, 6.07) is 8.38. The van der Waals surface area contributed by atoms with E-state index in [0.29, 0.717) is 11.1 Å². The molecule has 1 saturated heterocycles. The number of hydrogen-bond donors (Lipinski definition) is 4. The van der Waals surface area contributed by atoms with Gasteiger partial charge >= 0.3 is 17.9 Å². The van der Waals surface area contributed by atoms with Gasteiger partial charge in [0.15, 0.2) is 34.7 Å². The molecule has 1 unspecified atom stereocenters. The topological polar surface area (TPSA) is 169 Å². The van der Waals surface area contributed by atoms with Crippen LogP contribution in [-0.4, -0.2) is 69.4 Å². The van der Waals surface area contributed by atoms with Crippen molar-refractivity contribution in [2.75, 3.05) is 7.11 Å². The Labute approximate surface area is 210 Å². The fourth-order valence-electron chi connectivity index (χ4n) is 4.14. The summed E-state index contributed by atoms with van der Waals surface area (Å²) in [4.78, 5) is 37.2. The molecule has 2 bridgehead atoms. The molecule has 37 heavy (non-hydrogen) atoms. The average Bonchev–Trinajstić information content (AvgIpc) is 3.11. The van der Waals surface area contributed by atoms with Gasteiger partial charge in [0.2, 0.25) is 0 Å². The lowest BCUT2D eigenvalue weighted by Gasteiger charge is -2.35. The van der Waals surface area contributed by atoms with Crippen molar-refractivity contribution in [2.45, 2.75) is 36.8 Å². The first-order valence-corrected chi connectivity index (χ1v) is 11.2. The van der Waals surface area contributed by atoms with Gasteiger partial charge < -0.3 is 39.4 Å². The van der Waals surface area contributed by atoms with Crippen LogP contribution in [0, 0.1) is 0 Å². The summed E-state index contributed by atoms with van der Waals surface area (Å²) >= 11 is 0. The Hall–Kier alpha value is -4.51. The molecule has 2 aliphatic rings. The number of esters is 3. The molecule has 4 atom stereocenters. The first-order valence-electron chi connectivity index (χ1n) is 11.2. The highest BCUT2D eigenvalue weighted by Gasteiger charge is 2.60. The molecule has 11 nitrogen and oxygen atoms in total. The molecule has 1 aliphatic carbocycles. The number of carbonyl (C=O) groups excluding carboxylic acids is 3. The van der Waals surface area contributed by atoms with Crippen molar-refractivity contribution in [3.05, 3.63) is 59.7 Å². The Bertz CT molecular complexity index is 1280. The highest BCUT2D eigenvalue weighted by Crippen LogP contribution is 2.41. The Kier molecular flexibility index (Phi) is 7.07. The first kappa shape index (κ1) is 25.6. The largest absolute Gasteiger partial charge is 0.504 e. The molecule has 194 valence electrons. The zero-order valence-corrected chi connectivity index (χ0v) is 19.6. The van der Waals surface area contributed by atoms with Gasteiger partial charge in [-0.05, 0) is 47.5 Å². The predicted molar refractivity (Wildman–Crippen MR) is 126 cm³/mol. The second-order valence-corrected chi connectivity index (χ2v) is 8.61. The van der Waals surface area contributed by atoms with Crippen LogP contribution in [0.2, 0.25) is 0 Å². The number of aliphatic hydroxyl groups is 1. The van der Waals surface area contributed by atoms with Crippen molar-refractivity contribution in [1.82, 2.24) is 0 Å². The highest BCUT2D eigenvalue weighted by molar-refractivity contribution is 5.89. The smallest absolute Gasteiger partial charge is 0.338 e. The van der Waals surface area contributed by atoms with Crippen LogP contribution in [0.25, 0.3) is 12.2 Å². The molecule has 0 aromatic heterocycles. The van der Waals surface area contributed by atoms with Crippen molar-refractivity contribution in [1.29, 1.82) is 0 Å². The van der Waals surface area contributed by atoms with E-state index in [1.165, 1.54) is 49.6 Å². The Balaban J connectivity index is 1.46. The van der Waals surface area contributed by atoms with Gasteiger partial charge in [-0.3, -0.25) is 0 Å². The average molecular weight is 512 g/mol. The number of hydrogen-bond acceptors (Lipinski definition) is 11. The molecular formula is C26H24O11. The lowest BCUT2D eigenvalue weighted by atomic mass is 9.82. The summed E-state index contributed by atoms with van der Waals surface area (Å²) in [6.07, 6.45) is 1.06. The Morgan fingerprint density at radius 1 is 0.919 bits per heavy atom. The molecule has 2 fully saturated rings. The van der Waals surface area contributed by atoms with E-state index in [-0.39, 0.29) is 35.8 Å². The number of benzene rings is 2. The van der Waals surface area contributed by atoms with Gasteiger partial charge in [-0.15, -0.1) is 0 Å². The third-order valence-corrected chi connectivity index (χ3v) is 6.00. The summed E-state index contributed by atoms with van der Waals surface area (Å²) in [5, 5.41) is 39.2. The zero-order chi connectivity index (χ0) is 26.7. The number of methoxy groups -OCH3 is 1. The summed E-state index contributed by atoms with van der Waals surface area (Å²) in [5.41, 5.74) is -0.943. The van der Waals surface area contributed by atoms with Crippen molar-refractivity contribution in [3.63, 3.8) is 0 Å². The molecule has 2 aromatic carbocycles. The van der Waals surface area contributed by atoms with Gasteiger partial charge in [-0.2, -0.15) is 0 Å². The third kappa shape index (κ3) is 5.67. The van der Waals surface area contributed by atoms with E-state index in [1.54, 1.807) is 6.07 Å². The quantitative estimate of drug-likeness (QED) is 0.185. The number of phenols is 3. The molecule has 4 N–H and O–H groups in total. The van der Waals surface area contributed by atoms with Crippen LogP contribution in [0.15, 0.2) is 48.6 Å². The lowest BCUT2D eigenvalue weighted by molar-refractivity contribution is -0.178. The minimum atomic E-state index is -1.87. The van der Waals surface area contributed by atoms with E-state index in [1.807, 2.05) is 0 Å². The lowest BCUT2D eigenvalue weighted by Crippen LogP contribution is -2.51. The number of ether oxygens (including phenoxy) is 4. The number of aromatic hydroxyl groups is 3. The van der Waals surface area contributed by atoms with E-state index in [2.05, 4.69) is 0 Å². The standard InChI is InChI=1S/C26H24O11/c1-34-19-11-15(3-7-17(19)28)5-9-23(31)37-24-20(12-26(33)13-21(24)36-25(26)32)35-22(30)8-4-14-2-6-16(27)18(29)10-14/h2-11,20-21,24,27-29,33H,12-13H2,1H3/b8-4+,9-5+/t20-,21?,24+,26-/m0/s1. The van der Waals surface area contributed by atoms with E-state index in [0.717, 1.165) is 12.2 Å². The van der Waals surface area contributed by atoms with Crippen LogP contribution < -0.4 is 4.74 Å². The molecular weight excluding hydrogens is 488 g/mol. The maximum Gasteiger partial charge on any atom is 0.338 e. The second-order valence-electron chi connectivity index (χ2n) is 8.61. The fraction of sp³-hybridized carbons (Fsp3) is 0.269. The normalized spacial score (nSPS) is 24.7. The van der Waals surface area contributed by atoms with Gasteiger partial charge in [-0.1, -0.05) is 12.1 Å². The van der Waals surface area contributed by atoms with Crippen molar-refractivity contribution >= 4 is 30.1 Å². The predicted octanol–water partition coefficient (Wildman–Crippen LogP) is 1.81. The minimum absolute atomic E-state index is 0.0686. The summed E-state index contributed by atoms with van der Waals surface area (Å²) in [7, 11) is 1.38. The highest BCUT2D eigenvalue weighted by atomic mass is 16.6.